The Bertz CT molecular complexity index is 727. The lowest BCUT2D eigenvalue weighted by atomic mass is 10.1. The lowest BCUT2D eigenvalue weighted by Crippen LogP contribution is -2.44. The van der Waals surface area contributed by atoms with Crippen LogP contribution in [0.5, 0.6) is 0 Å². The minimum absolute atomic E-state index is 0.0571. The van der Waals surface area contributed by atoms with Crippen molar-refractivity contribution >= 4 is 21.4 Å². The van der Waals surface area contributed by atoms with Gasteiger partial charge in [0, 0.05) is 25.7 Å². The van der Waals surface area contributed by atoms with E-state index >= 15 is 0 Å². The lowest BCUT2D eigenvalue weighted by molar-refractivity contribution is 0.0173. The number of thiophene rings is 1. The molecular weight excluding hydrogens is 356 g/mol. The van der Waals surface area contributed by atoms with Crippen molar-refractivity contribution in [3.63, 3.8) is 0 Å². The molecule has 1 saturated heterocycles. The van der Waals surface area contributed by atoms with E-state index in [0.717, 1.165) is 24.2 Å². The molecule has 1 fully saturated rings. The number of morpholine rings is 1. The summed E-state index contributed by atoms with van der Waals surface area (Å²) in [7, 11) is -3.31. The van der Waals surface area contributed by atoms with Crippen LogP contribution in [0.3, 0.4) is 0 Å². The molecule has 1 unspecified atom stereocenters. The fourth-order valence-electron chi connectivity index (χ4n) is 2.99. The van der Waals surface area contributed by atoms with E-state index in [4.69, 9.17) is 4.74 Å². The van der Waals surface area contributed by atoms with E-state index in [1.54, 1.807) is 11.3 Å². The van der Waals surface area contributed by atoms with Crippen LogP contribution in [0, 0.1) is 0 Å². The number of hydrogen-bond acceptors (Lipinski definition) is 5. The predicted molar refractivity (Wildman–Crippen MR) is 101 cm³/mol. The molecule has 1 aromatic carbocycles. The maximum absolute atomic E-state index is 12.4. The summed E-state index contributed by atoms with van der Waals surface area (Å²) in [4.78, 5) is 2.30. The average molecular weight is 381 g/mol. The second kappa shape index (κ2) is 8.91. The summed E-state index contributed by atoms with van der Waals surface area (Å²) in [5.74, 6) is 0.108. The van der Waals surface area contributed by atoms with Gasteiger partial charge in [0.05, 0.1) is 19.0 Å². The lowest BCUT2D eigenvalue weighted by Gasteiger charge is -2.34. The summed E-state index contributed by atoms with van der Waals surface area (Å²) in [6.45, 7) is 3.44. The van der Waals surface area contributed by atoms with Gasteiger partial charge in [-0.1, -0.05) is 30.3 Å². The SMILES string of the molecule is O=S(=O)(CCc1ccccc1)NCC(c1ccsc1)N1CCOCC1. The van der Waals surface area contributed by atoms with Gasteiger partial charge in [-0.05, 0) is 34.4 Å². The third-order valence-corrected chi connectivity index (χ3v) is 6.46. The molecular formula is C18H24N2O3S2. The Morgan fingerprint density at radius 3 is 2.60 bits per heavy atom. The van der Waals surface area contributed by atoms with Crippen molar-refractivity contribution in [2.24, 2.45) is 0 Å². The molecule has 136 valence electrons. The highest BCUT2D eigenvalue weighted by Crippen LogP contribution is 2.23. The first-order chi connectivity index (χ1) is 12.1. The van der Waals surface area contributed by atoms with E-state index in [0.29, 0.717) is 26.2 Å². The molecule has 1 aromatic heterocycles. The molecule has 3 rings (SSSR count). The molecule has 0 spiro atoms. The Labute approximate surface area is 153 Å². The van der Waals surface area contributed by atoms with Gasteiger partial charge >= 0.3 is 0 Å². The molecule has 1 aliphatic heterocycles. The van der Waals surface area contributed by atoms with Crippen molar-refractivity contribution in [1.29, 1.82) is 0 Å². The fraction of sp³-hybridized carbons (Fsp3) is 0.444. The van der Waals surface area contributed by atoms with E-state index in [2.05, 4.69) is 21.1 Å². The summed E-state index contributed by atoms with van der Waals surface area (Å²) in [6.07, 6.45) is 0.525. The maximum Gasteiger partial charge on any atom is 0.211 e. The highest BCUT2D eigenvalue weighted by Gasteiger charge is 2.24. The van der Waals surface area contributed by atoms with Gasteiger partial charge in [-0.2, -0.15) is 11.3 Å². The number of nitrogens with zero attached hydrogens (tertiary/aromatic N) is 1. The topological polar surface area (TPSA) is 58.6 Å². The summed E-state index contributed by atoms with van der Waals surface area (Å²) >= 11 is 1.64. The molecule has 2 heterocycles. The van der Waals surface area contributed by atoms with Crippen LogP contribution in [0.1, 0.15) is 17.2 Å². The first-order valence-electron chi connectivity index (χ1n) is 8.49. The maximum atomic E-state index is 12.4. The van der Waals surface area contributed by atoms with Crippen LogP contribution in [0.2, 0.25) is 0 Å². The van der Waals surface area contributed by atoms with Gasteiger partial charge in [-0.3, -0.25) is 4.90 Å². The quantitative estimate of drug-likeness (QED) is 0.763. The summed E-state index contributed by atoms with van der Waals surface area (Å²) < 4.78 is 33.0. The molecule has 0 aliphatic carbocycles. The van der Waals surface area contributed by atoms with E-state index in [1.807, 2.05) is 35.7 Å². The van der Waals surface area contributed by atoms with Crippen LogP contribution in [-0.4, -0.2) is 51.9 Å². The van der Waals surface area contributed by atoms with Gasteiger partial charge in [-0.15, -0.1) is 0 Å². The van der Waals surface area contributed by atoms with Gasteiger partial charge in [0.25, 0.3) is 0 Å². The molecule has 1 aliphatic rings. The number of hydrogen-bond donors (Lipinski definition) is 1. The normalized spacial score (nSPS) is 17.4. The third-order valence-electron chi connectivity index (χ3n) is 4.41. The highest BCUT2D eigenvalue weighted by atomic mass is 32.2. The summed E-state index contributed by atoms with van der Waals surface area (Å²) in [5.41, 5.74) is 2.20. The Morgan fingerprint density at radius 1 is 1.16 bits per heavy atom. The van der Waals surface area contributed by atoms with Crippen molar-refractivity contribution in [3.8, 4) is 0 Å². The second-order valence-corrected chi connectivity index (χ2v) is 8.83. The molecule has 0 saturated carbocycles. The number of aryl methyl sites for hydroxylation is 1. The van der Waals surface area contributed by atoms with Crippen LogP contribution in [-0.2, 0) is 21.2 Å². The predicted octanol–water partition coefficient (Wildman–Crippen LogP) is 2.28. The number of nitrogens with one attached hydrogen (secondary N) is 1. The average Bonchev–Trinajstić information content (AvgIpc) is 3.16. The Kier molecular flexibility index (Phi) is 6.61. The molecule has 0 bridgehead atoms. The van der Waals surface area contributed by atoms with Gasteiger partial charge in [0.1, 0.15) is 0 Å². The van der Waals surface area contributed by atoms with E-state index in [1.165, 1.54) is 0 Å². The van der Waals surface area contributed by atoms with Crippen molar-refractivity contribution in [3.05, 3.63) is 58.3 Å². The van der Waals surface area contributed by atoms with Crippen LogP contribution in [0.25, 0.3) is 0 Å². The van der Waals surface area contributed by atoms with E-state index < -0.39 is 10.0 Å². The molecule has 5 nitrogen and oxygen atoms in total. The minimum Gasteiger partial charge on any atom is -0.379 e. The molecule has 7 heteroatoms. The third kappa shape index (κ3) is 5.62. The molecule has 0 radical (unpaired) electrons. The second-order valence-electron chi connectivity index (χ2n) is 6.12. The molecule has 1 atom stereocenters. The van der Waals surface area contributed by atoms with Gasteiger partial charge in [0.15, 0.2) is 0 Å². The zero-order valence-electron chi connectivity index (χ0n) is 14.1. The standard InChI is InChI=1S/C18H24N2O3S2/c21-25(22,13-7-16-4-2-1-3-5-16)19-14-18(17-6-12-24-15-17)20-8-10-23-11-9-20/h1-6,12,15,18-19H,7-11,13-14H2. The van der Waals surface area contributed by atoms with Crippen molar-refractivity contribution < 1.29 is 13.2 Å². The Balaban J connectivity index is 1.59. The number of ether oxygens (including phenoxy) is 1. The largest absolute Gasteiger partial charge is 0.379 e. The molecule has 25 heavy (non-hydrogen) atoms. The van der Waals surface area contributed by atoms with Crippen LogP contribution < -0.4 is 4.72 Å². The first-order valence-corrected chi connectivity index (χ1v) is 11.1. The zero-order valence-corrected chi connectivity index (χ0v) is 15.8. The molecule has 2 aromatic rings. The fourth-order valence-corrected chi connectivity index (χ4v) is 4.75. The summed E-state index contributed by atoms with van der Waals surface area (Å²) in [6, 6.07) is 11.8. The number of sulfonamides is 1. The Morgan fingerprint density at radius 2 is 1.92 bits per heavy atom. The van der Waals surface area contributed by atoms with Crippen LogP contribution >= 0.6 is 11.3 Å². The number of rotatable bonds is 8. The van der Waals surface area contributed by atoms with Crippen LogP contribution in [0.15, 0.2) is 47.2 Å². The molecule has 0 amide bonds. The monoisotopic (exact) mass is 380 g/mol. The zero-order chi connectivity index (χ0) is 17.5. The van der Waals surface area contributed by atoms with Gasteiger partial charge < -0.3 is 4.74 Å². The van der Waals surface area contributed by atoms with Crippen molar-refractivity contribution in [2.45, 2.75) is 12.5 Å². The van der Waals surface area contributed by atoms with Gasteiger partial charge in [-0.25, -0.2) is 13.1 Å². The van der Waals surface area contributed by atoms with Crippen LogP contribution in [0.4, 0.5) is 0 Å². The summed E-state index contributed by atoms with van der Waals surface area (Å²) in [5, 5.41) is 4.13. The molecule has 1 N–H and O–H groups in total. The first kappa shape index (κ1) is 18.5. The van der Waals surface area contributed by atoms with Gasteiger partial charge in [0.2, 0.25) is 10.0 Å². The minimum atomic E-state index is -3.31. The van der Waals surface area contributed by atoms with Crippen molar-refractivity contribution in [2.75, 3.05) is 38.6 Å². The van der Waals surface area contributed by atoms with E-state index in [9.17, 15) is 8.42 Å². The van der Waals surface area contributed by atoms with Crippen molar-refractivity contribution in [1.82, 2.24) is 9.62 Å². The van der Waals surface area contributed by atoms with E-state index in [-0.39, 0.29) is 11.8 Å². The number of benzene rings is 1. The Hall–Kier alpha value is -1.25. The highest BCUT2D eigenvalue weighted by molar-refractivity contribution is 7.89. The smallest absolute Gasteiger partial charge is 0.211 e.